The molecule has 2 atom stereocenters. The number of nitrogens with one attached hydrogen (secondary N) is 2. The smallest absolute Gasteiger partial charge is 0.410 e. The van der Waals surface area contributed by atoms with E-state index in [1.807, 2.05) is 0 Å². The fourth-order valence-corrected chi connectivity index (χ4v) is 5.83. The molecule has 1 saturated heterocycles. The molecule has 4 aliphatic rings. The number of aromatic nitrogens is 3. The molecule has 0 radical (unpaired) electrons. The number of hydrogen-bond donors (Lipinski definition) is 2. The Morgan fingerprint density at radius 2 is 1.87 bits per heavy atom. The Labute approximate surface area is 220 Å². The molecule has 3 heterocycles. The van der Waals surface area contributed by atoms with Crippen molar-refractivity contribution >= 4 is 23.0 Å². The van der Waals surface area contributed by atoms with Crippen molar-refractivity contribution in [1.82, 2.24) is 30.8 Å². The standard InChI is InChI=1S/C26H27F3N6O4/c27-26(28,29)18-10-30-25(37)35(18)11-12-1-8-17-16(9-12)31-24(38-17)21(19(13-2-3-13)14-4-5-14)32-23(36)22-20(15-6-7-15)33-39-34-22/h1,8-9,13-15,18-19,21H,2-7,10-11H2,(H,30,37)(H,32,36)/t18-,21-/m0/s1. The van der Waals surface area contributed by atoms with Crippen molar-refractivity contribution in [2.24, 2.45) is 17.8 Å². The number of nitrogens with zero attached hydrogens (tertiary/aromatic N) is 4. The first-order valence-corrected chi connectivity index (χ1v) is 13.4. The van der Waals surface area contributed by atoms with Crippen molar-refractivity contribution in [1.29, 1.82) is 0 Å². The largest absolute Gasteiger partial charge is 0.438 e. The van der Waals surface area contributed by atoms with Gasteiger partial charge in [0.1, 0.15) is 23.3 Å². The van der Waals surface area contributed by atoms with Crippen LogP contribution in [0.3, 0.4) is 0 Å². The molecule has 39 heavy (non-hydrogen) atoms. The molecule has 206 valence electrons. The Morgan fingerprint density at radius 1 is 1.13 bits per heavy atom. The Kier molecular flexibility index (Phi) is 5.60. The summed E-state index contributed by atoms with van der Waals surface area (Å²) in [5.74, 6) is 1.24. The molecular formula is C26H27F3N6O4. The lowest BCUT2D eigenvalue weighted by Gasteiger charge is -2.25. The first-order chi connectivity index (χ1) is 18.8. The molecule has 0 bridgehead atoms. The maximum Gasteiger partial charge on any atom is 0.410 e. The van der Waals surface area contributed by atoms with E-state index in [0.717, 1.165) is 43.4 Å². The molecule has 7 rings (SSSR count). The minimum absolute atomic E-state index is 0.159. The van der Waals surface area contributed by atoms with Gasteiger partial charge in [0.15, 0.2) is 11.3 Å². The second-order valence-electron chi connectivity index (χ2n) is 11.2. The van der Waals surface area contributed by atoms with Crippen LogP contribution < -0.4 is 10.6 Å². The summed E-state index contributed by atoms with van der Waals surface area (Å²) in [5.41, 5.74) is 2.17. The van der Waals surface area contributed by atoms with Gasteiger partial charge >= 0.3 is 12.2 Å². The van der Waals surface area contributed by atoms with Crippen LogP contribution in [0, 0.1) is 17.8 Å². The van der Waals surface area contributed by atoms with Crippen molar-refractivity contribution in [3.8, 4) is 0 Å². The number of amides is 3. The normalized spacial score (nSPS) is 22.5. The lowest BCUT2D eigenvalue weighted by molar-refractivity contribution is -0.169. The molecule has 10 nitrogen and oxygen atoms in total. The minimum Gasteiger partial charge on any atom is -0.438 e. The third-order valence-corrected chi connectivity index (χ3v) is 8.25. The molecule has 1 aromatic carbocycles. The van der Waals surface area contributed by atoms with Crippen molar-refractivity contribution < 1.29 is 31.8 Å². The van der Waals surface area contributed by atoms with Gasteiger partial charge in [-0.3, -0.25) is 4.79 Å². The van der Waals surface area contributed by atoms with Crippen LogP contribution in [0.15, 0.2) is 27.2 Å². The second kappa shape index (κ2) is 8.95. The number of hydrogen-bond acceptors (Lipinski definition) is 7. The van der Waals surface area contributed by atoms with E-state index in [4.69, 9.17) is 14.0 Å². The summed E-state index contributed by atoms with van der Waals surface area (Å²) in [6.07, 6.45) is 1.67. The predicted molar refractivity (Wildman–Crippen MR) is 128 cm³/mol. The molecule has 3 aliphatic carbocycles. The zero-order chi connectivity index (χ0) is 26.9. The summed E-state index contributed by atoms with van der Waals surface area (Å²) < 4.78 is 51.3. The Morgan fingerprint density at radius 3 is 2.54 bits per heavy atom. The minimum atomic E-state index is -4.53. The fraction of sp³-hybridized carbons (Fsp3) is 0.577. The summed E-state index contributed by atoms with van der Waals surface area (Å²) >= 11 is 0. The summed E-state index contributed by atoms with van der Waals surface area (Å²) in [6, 6.07) is 1.77. The van der Waals surface area contributed by atoms with E-state index >= 15 is 0 Å². The van der Waals surface area contributed by atoms with Crippen LogP contribution in [-0.4, -0.2) is 50.9 Å². The van der Waals surface area contributed by atoms with Crippen molar-refractivity contribution in [2.45, 2.75) is 69.2 Å². The van der Waals surface area contributed by atoms with E-state index in [1.165, 1.54) is 0 Å². The highest BCUT2D eigenvalue weighted by Crippen LogP contribution is 2.54. The number of oxazole rings is 1. The Hall–Kier alpha value is -3.64. The molecule has 1 aliphatic heterocycles. The van der Waals surface area contributed by atoms with E-state index < -0.39 is 30.8 Å². The Bertz CT molecular complexity index is 1410. The maximum atomic E-state index is 13.4. The van der Waals surface area contributed by atoms with Gasteiger partial charge in [-0.05, 0) is 79.1 Å². The average Bonchev–Trinajstić information content (AvgIpc) is 3.85. The van der Waals surface area contributed by atoms with Gasteiger partial charge in [0.05, 0.1) is 0 Å². The van der Waals surface area contributed by atoms with Gasteiger partial charge < -0.3 is 20.0 Å². The van der Waals surface area contributed by atoms with Gasteiger partial charge in [-0.25, -0.2) is 14.4 Å². The summed E-state index contributed by atoms with van der Waals surface area (Å²) in [6.45, 7) is -0.697. The quantitative estimate of drug-likeness (QED) is 0.408. The molecular weight excluding hydrogens is 517 g/mol. The molecule has 0 spiro atoms. The van der Waals surface area contributed by atoms with Crippen molar-refractivity contribution in [2.75, 3.05) is 6.54 Å². The van der Waals surface area contributed by atoms with Gasteiger partial charge in [0.2, 0.25) is 5.89 Å². The number of carbonyl (C=O) groups excluding carboxylic acids is 2. The highest BCUT2D eigenvalue weighted by atomic mass is 19.4. The summed E-state index contributed by atoms with van der Waals surface area (Å²) in [5, 5.41) is 13.2. The van der Waals surface area contributed by atoms with Crippen LogP contribution in [0.25, 0.3) is 11.1 Å². The maximum absolute atomic E-state index is 13.4. The van der Waals surface area contributed by atoms with Crippen molar-refractivity contribution in [3.05, 3.63) is 41.0 Å². The first kappa shape index (κ1) is 24.4. The first-order valence-electron chi connectivity index (χ1n) is 13.4. The number of fused-ring (bicyclic) bond motifs is 1. The number of halogens is 3. The third-order valence-electron chi connectivity index (χ3n) is 8.25. The topological polar surface area (TPSA) is 126 Å². The van der Waals surface area contributed by atoms with Crippen LogP contribution in [0.4, 0.5) is 18.0 Å². The molecule has 4 fully saturated rings. The van der Waals surface area contributed by atoms with Crippen LogP contribution in [0.1, 0.15) is 78.1 Å². The molecule has 13 heteroatoms. The highest BCUT2D eigenvalue weighted by molar-refractivity contribution is 5.93. The average molecular weight is 545 g/mol. The monoisotopic (exact) mass is 544 g/mol. The molecule has 0 unspecified atom stereocenters. The van der Waals surface area contributed by atoms with E-state index in [0.29, 0.717) is 40.1 Å². The zero-order valence-electron chi connectivity index (χ0n) is 20.9. The molecule has 2 N–H and O–H groups in total. The number of carbonyl (C=O) groups is 2. The summed E-state index contributed by atoms with van der Waals surface area (Å²) in [4.78, 5) is 30.9. The second-order valence-corrected chi connectivity index (χ2v) is 11.2. The van der Waals surface area contributed by atoms with E-state index in [-0.39, 0.29) is 30.0 Å². The number of rotatable bonds is 9. The molecule has 3 amide bonds. The molecule has 3 aromatic rings. The fourth-order valence-electron chi connectivity index (χ4n) is 5.83. The third kappa shape index (κ3) is 4.71. The van der Waals surface area contributed by atoms with E-state index in [9.17, 15) is 22.8 Å². The van der Waals surface area contributed by atoms with Gasteiger partial charge in [-0.15, -0.1) is 0 Å². The molecule has 3 saturated carbocycles. The van der Waals surface area contributed by atoms with Gasteiger partial charge in [-0.2, -0.15) is 13.2 Å². The molecule has 2 aromatic heterocycles. The number of urea groups is 1. The van der Waals surface area contributed by atoms with Crippen LogP contribution in [0.5, 0.6) is 0 Å². The highest BCUT2D eigenvalue weighted by Gasteiger charge is 2.50. The lowest BCUT2D eigenvalue weighted by atomic mass is 9.89. The van der Waals surface area contributed by atoms with Crippen LogP contribution >= 0.6 is 0 Å². The summed E-state index contributed by atoms with van der Waals surface area (Å²) in [7, 11) is 0. The Balaban J connectivity index is 1.18. The van der Waals surface area contributed by atoms with Gasteiger partial charge in [0.25, 0.3) is 5.91 Å². The van der Waals surface area contributed by atoms with Crippen LogP contribution in [0.2, 0.25) is 0 Å². The van der Waals surface area contributed by atoms with Crippen molar-refractivity contribution in [3.63, 3.8) is 0 Å². The van der Waals surface area contributed by atoms with Crippen LogP contribution in [-0.2, 0) is 6.54 Å². The zero-order valence-corrected chi connectivity index (χ0v) is 20.9. The number of benzene rings is 1. The lowest BCUT2D eigenvalue weighted by Crippen LogP contribution is -2.43. The van der Waals surface area contributed by atoms with Gasteiger partial charge in [-0.1, -0.05) is 11.2 Å². The number of alkyl halides is 3. The van der Waals surface area contributed by atoms with E-state index in [2.05, 4.69) is 20.9 Å². The SMILES string of the molecule is O=C(N[C@H](c1nc2cc(CN3C(=O)NC[C@H]3C(F)(F)F)ccc2o1)C(C1CC1)C1CC1)c1nonc1C1CC1. The predicted octanol–water partition coefficient (Wildman–Crippen LogP) is 4.45. The van der Waals surface area contributed by atoms with Gasteiger partial charge in [0, 0.05) is 19.0 Å². The van der Waals surface area contributed by atoms with E-state index in [1.54, 1.807) is 18.2 Å².